The number of nitrogens with one attached hydrogen (secondary N) is 1. The van der Waals surface area contributed by atoms with Crippen LogP contribution in [-0.4, -0.2) is 4.92 Å². The van der Waals surface area contributed by atoms with Crippen molar-refractivity contribution in [2.75, 3.05) is 5.32 Å². The lowest BCUT2D eigenvalue weighted by molar-refractivity contribution is -0.384. The van der Waals surface area contributed by atoms with E-state index in [9.17, 15) is 10.1 Å². The Hall–Kier alpha value is -3.14. The summed E-state index contributed by atoms with van der Waals surface area (Å²) < 4.78 is 0. The summed E-state index contributed by atoms with van der Waals surface area (Å²) in [6.07, 6.45) is 0.981. The second-order valence-electron chi connectivity index (χ2n) is 7.61. The lowest BCUT2D eigenvalue weighted by Crippen LogP contribution is -2.30. The number of rotatable bonds is 2. The highest BCUT2D eigenvalue weighted by Crippen LogP contribution is 2.54. The maximum Gasteiger partial charge on any atom is 0.269 e. The van der Waals surface area contributed by atoms with Crippen molar-refractivity contribution >= 4 is 11.4 Å². The Balaban J connectivity index is 1.68. The molecule has 27 heavy (non-hydrogen) atoms. The normalized spacial score (nSPS) is 22.3. The van der Waals surface area contributed by atoms with Gasteiger partial charge in [-0.15, -0.1) is 0 Å². The number of non-ortho nitro benzene ring substituents is 1. The van der Waals surface area contributed by atoms with Crippen molar-refractivity contribution in [3.05, 3.63) is 105 Å². The topological polar surface area (TPSA) is 55.2 Å². The van der Waals surface area contributed by atoms with Crippen LogP contribution in [0.25, 0.3) is 0 Å². The predicted molar refractivity (Wildman–Crippen MR) is 106 cm³/mol. The van der Waals surface area contributed by atoms with Crippen molar-refractivity contribution in [1.82, 2.24) is 0 Å². The number of hydrogen-bond acceptors (Lipinski definition) is 3. The third-order valence-electron chi connectivity index (χ3n) is 6.03. The van der Waals surface area contributed by atoms with Gasteiger partial charge in [0.05, 0.1) is 11.0 Å². The minimum atomic E-state index is -0.303. The number of hydrogen-bond donors (Lipinski definition) is 1. The van der Waals surface area contributed by atoms with E-state index in [0.29, 0.717) is 5.92 Å². The molecule has 0 unspecified atom stereocenters. The van der Waals surface area contributed by atoms with Gasteiger partial charge in [-0.2, -0.15) is 0 Å². The Bertz CT molecular complexity index is 1040. The van der Waals surface area contributed by atoms with Gasteiger partial charge in [-0.25, -0.2) is 0 Å². The van der Waals surface area contributed by atoms with Crippen LogP contribution in [0.5, 0.6) is 0 Å². The highest BCUT2D eigenvalue weighted by atomic mass is 16.6. The Morgan fingerprint density at radius 3 is 2.56 bits per heavy atom. The molecule has 0 radical (unpaired) electrons. The molecule has 1 aliphatic heterocycles. The number of aryl methyl sites for hydroxylation is 1. The molecule has 134 valence electrons. The summed E-state index contributed by atoms with van der Waals surface area (Å²) in [6.45, 7) is 2.10. The first-order valence-electron chi connectivity index (χ1n) is 9.31. The molecular weight excluding hydrogens is 336 g/mol. The second kappa shape index (κ2) is 5.95. The Labute approximate surface area is 158 Å². The lowest BCUT2D eigenvalue weighted by atomic mass is 9.75. The maximum atomic E-state index is 11.3. The lowest BCUT2D eigenvalue weighted by Gasteiger charge is -2.38. The number of nitrogens with zero attached hydrogens (tertiary/aromatic N) is 1. The number of nitro groups is 1. The van der Waals surface area contributed by atoms with Crippen LogP contribution in [0.4, 0.5) is 11.4 Å². The molecule has 3 atom stereocenters. The highest BCUT2D eigenvalue weighted by molar-refractivity contribution is 5.65. The fraction of sp³-hybridized carbons (Fsp3) is 0.217. The fourth-order valence-electron chi connectivity index (χ4n) is 4.77. The SMILES string of the molecule is Cc1ccc([C@@H]2Nc3ccc([N+](=O)[O-])cc3[C@H]3c4ccccc4C[C@H]32)cc1. The molecule has 1 aliphatic carbocycles. The van der Waals surface area contributed by atoms with Gasteiger partial charge in [0.1, 0.15) is 0 Å². The molecule has 4 heteroatoms. The van der Waals surface area contributed by atoms with Crippen LogP contribution in [0.2, 0.25) is 0 Å². The molecular formula is C23H20N2O2. The van der Waals surface area contributed by atoms with Gasteiger partial charge in [-0.3, -0.25) is 10.1 Å². The van der Waals surface area contributed by atoms with Crippen molar-refractivity contribution in [3.8, 4) is 0 Å². The zero-order chi connectivity index (χ0) is 18.5. The molecule has 1 N–H and O–H groups in total. The van der Waals surface area contributed by atoms with Crippen molar-refractivity contribution in [1.29, 1.82) is 0 Å². The number of nitro benzene ring substituents is 1. The summed E-state index contributed by atoms with van der Waals surface area (Å²) in [4.78, 5) is 11.0. The van der Waals surface area contributed by atoms with E-state index in [1.54, 1.807) is 12.1 Å². The monoisotopic (exact) mass is 356 g/mol. The van der Waals surface area contributed by atoms with E-state index in [1.807, 2.05) is 6.07 Å². The molecule has 0 aromatic heterocycles. The quantitative estimate of drug-likeness (QED) is 0.496. The zero-order valence-corrected chi connectivity index (χ0v) is 15.1. The zero-order valence-electron chi connectivity index (χ0n) is 15.1. The van der Waals surface area contributed by atoms with E-state index in [1.165, 1.54) is 22.3 Å². The summed E-state index contributed by atoms with van der Waals surface area (Å²) in [7, 11) is 0. The van der Waals surface area contributed by atoms with Gasteiger partial charge in [0.2, 0.25) is 0 Å². The number of benzene rings is 3. The summed E-state index contributed by atoms with van der Waals surface area (Å²) in [5, 5.41) is 15.0. The van der Waals surface area contributed by atoms with Crippen LogP contribution < -0.4 is 5.32 Å². The average molecular weight is 356 g/mol. The van der Waals surface area contributed by atoms with E-state index < -0.39 is 0 Å². The van der Waals surface area contributed by atoms with Crippen molar-refractivity contribution in [2.24, 2.45) is 5.92 Å². The van der Waals surface area contributed by atoms with Crippen LogP contribution >= 0.6 is 0 Å². The molecule has 0 saturated heterocycles. The van der Waals surface area contributed by atoms with Gasteiger partial charge >= 0.3 is 0 Å². The molecule has 0 fully saturated rings. The van der Waals surface area contributed by atoms with E-state index in [0.717, 1.165) is 17.7 Å². The molecule has 5 rings (SSSR count). The predicted octanol–water partition coefficient (Wildman–Crippen LogP) is 5.37. The third-order valence-corrected chi connectivity index (χ3v) is 6.03. The van der Waals surface area contributed by atoms with Crippen LogP contribution in [0, 0.1) is 23.0 Å². The minimum Gasteiger partial charge on any atom is -0.378 e. The Morgan fingerprint density at radius 1 is 1.00 bits per heavy atom. The van der Waals surface area contributed by atoms with Gasteiger partial charge in [-0.05, 0) is 47.6 Å². The number of fused-ring (bicyclic) bond motifs is 5. The van der Waals surface area contributed by atoms with Gasteiger partial charge in [0, 0.05) is 23.7 Å². The Kier molecular flexibility index (Phi) is 3.54. The summed E-state index contributed by atoms with van der Waals surface area (Å²) in [5.74, 6) is 0.531. The van der Waals surface area contributed by atoms with E-state index in [4.69, 9.17) is 0 Å². The summed E-state index contributed by atoms with van der Waals surface area (Å²) in [6, 6.07) is 22.6. The number of anilines is 1. The molecule has 3 aromatic carbocycles. The first-order chi connectivity index (χ1) is 13.1. The molecule has 1 heterocycles. The molecule has 3 aromatic rings. The standard InChI is InChI=1S/C23H20N2O2/c1-14-6-8-15(9-7-14)23-20-12-16-4-2-3-5-18(16)22(20)19-13-17(25(26)27)10-11-21(19)24-23/h2-11,13,20,22-24H,12H2,1H3/t20-,22-,23+/m1/s1. The second-order valence-corrected chi connectivity index (χ2v) is 7.61. The molecule has 0 spiro atoms. The summed E-state index contributed by atoms with van der Waals surface area (Å²) >= 11 is 0. The molecule has 0 amide bonds. The minimum absolute atomic E-state index is 0.160. The van der Waals surface area contributed by atoms with Crippen molar-refractivity contribution in [2.45, 2.75) is 25.3 Å². The fourth-order valence-corrected chi connectivity index (χ4v) is 4.77. The smallest absolute Gasteiger partial charge is 0.269 e. The first kappa shape index (κ1) is 16.1. The van der Waals surface area contributed by atoms with Crippen LogP contribution in [0.3, 0.4) is 0 Å². The Morgan fingerprint density at radius 2 is 1.78 bits per heavy atom. The van der Waals surface area contributed by atoms with E-state index in [-0.39, 0.29) is 22.6 Å². The largest absolute Gasteiger partial charge is 0.378 e. The maximum absolute atomic E-state index is 11.3. The first-order valence-corrected chi connectivity index (χ1v) is 9.31. The van der Waals surface area contributed by atoms with Gasteiger partial charge in [0.25, 0.3) is 5.69 Å². The molecule has 0 bridgehead atoms. The third kappa shape index (κ3) is 2.52. The van der Waals surface area contributed by atoms with E-state index >= 15 is 0 Å². The van der Waals surface area contributed by atoms with Gasteiger partial charge in [-0.1, -0.05) is 54.1 Å². The molecule has 4 nitrogen and oxygen atoms in total. The van der Waals surface area contributed by atoms with Crippen LogP contribution in [-0.2, 0) is 6.42 Å². The van der Waals surface area contributed by atoms with Crippen molar-refractivity contribution in [3.63, 3.8) is 0 Å². The average Bonchev–Trinajstić information content (AvgIpc) is 3.07. The van der Waals surface area contributed by atoms with E-state index in [2.05, 4.69) is 60.8 Å². The van der Waals surface area contributed by atoms with Gasteiger partial charge < -0.3 is 5.32 Å². The van der Waals surface area contributed by atoms with Crippen LogP contribution in [0.1, 0.15) is 39.8 Å². The van der Waals surface area contributed by atoms with Gasteiger partial charge in [0.15, 0.2) is 0 Å². The summed E-state index contributed by atoms with van der Waals surface area (Å²) in [5.41, 5.74) is 7.39. The highest BCUT2D eigenvalue weighted by Gasteiger charge is 2.43. The molecule has 0 saturated carbocycles. The molecule has 2 aliphatic rings. The van der Waals surface area contributed by atoms with Crippen molar-refractivity contribution < 1.29 is 4.92 Å². The van der Waals surface area contributed by atoms with Crippen LogP contribution in [0.15, 0.2) is 66.7 Å².